The first-order valence-corrected chi connectivity index (χ1v) is 18.1. The molecule has 0 aromatic heterocycles. The molecule has 1 aliphatic rings. The molecule has 9 nitrogen and oxygen atoms in total. The van der Waals surface area contributed by atoms with Crippen LogP contribution in [0.2, 0.25) is 5.02 Å². The van der Waals surface area contributed by atoms with Gasteiger partial charge in [-0.25, -0.2) is 8.42 Å². The molecule has 4 aromatic rings. The van der Waals surface area contributed by atoms with E-state index in [9.17, 15) is 18.0 Å². The van der Waals surface area contributed by atoms with Crippen LogP contribution in [-0.4, -0.2) is 58.0 Å². The molecule has 0 radical (unpaired) electrons. The van der Waals surface area contributed by atoms with Gasteiger partial charge in [0.25, 0.3) is 10.0 Å². The predicted molar refractivity (Wildman–Crippen MR) is 192 cm³/mol. The molecule has 11 heteroatoms. The summed E-state index contributed by atoms with van der Waals surface area (Å²) in [7, 11) is -1.47. The zero-order valence-corrected chi connectivity index (χ0v) is 29.5. The minimum atomic E-state index is -4.35. The molecule has 5 rings (SSSR count). The van der Waals surface area contributed by atoms with E-state index in [2.05, 4.69) is 5.32 Å². The molecular formula is C38H42ClN3O6S. The van der Waals surface area contributed by atoms with E-state index < -0.39 is 28.5 Å². The Hall–Kier alpha value is -4.54. The summed E-state index contributed by atoms with van der Waals surface area (Å²) in [6, 6.07) is 26.9. The molecule has 1 aliphatic carbocycles. The number of sulfonamides is 1. The number of nitrogens with zero attached hydrogens (tertiary/aromatic N) is 2. The minimum Gasteiger partial charge on any atom is -0.493 e. The minimum absolute atomic E-state index is 0.0256. The highest BCUT2D eigenvalue weighted by Gasteiger charge is 2.36. The van der Waals surface area contributed by atoms with Crippen molar-refractivity contribution in [3.05, 3.63) is 119 Å². The third-order valence-electron chi connectivity index (χ3n) is 8.74. The number of benzene rings is 4. The van der Waals surface area contributed by atoms with Crippen molar-refractivity contribution in [2.24, 2.45) is 0 Å². The number of halogens is 1. The number of rotatable bonds is 14. The number of ether oxygens (including phenoxy) is 2. The van der Waals surface area contributed by atoms with E-state index in [1.807, 2.05) is 61.5 Å². The van der Waals surface area contributed by atoms with Crippen LogP contribution in [0, 0.1) is 6.92 Å². The molecule has 258 valence electrons. The number of aryl methyl sites for hydroxylation is 1. The van der Waals surface area contributed by atoms with Crippen LogP contribution in [0.3, 0.4) is 0 Å². The number of hydrogen-bond acceptors (Lipinski definition) is 6. The molecule has 1 N–H and O–H groups in total. The zero-order chi connectivity index (χ0) is 35.0. The monoisotopic (exact) mass is 703 g/mol. The zero-order valence-electron chi connectivity index (χ0n) is 28.0. The second-order valence-electron chi connectivity index (χ2n) is 12.2. The second kappa shape index (κ2) is 16.2. The lowest BCUT2D eigenvalue weighted by Crippen LogP contribution is -2.54. The third-order valence-corrected chi connectivity index (χ3v) is 10.8. The van der Waals surface area contributed by atoms with E-state index in [0.717, 1.165) is 46.7 Å². The Kier molecular flexibility index (Phi) is 11.9. The molecule has 1 fully saturated rings. The smallest absolute Gasteiger partial charge is 0.264 e. The van der Waals surface area contributed by atoms with Gasteiger partial charge in [0.05, 0.1) is 24.8 Å². The van der Waals surface area contributed by atoms with E-state index >= 15 is 0 Å². The maximum atomic E-state index is 14.7. The predicted octanol–water partition coefficient (Wildman–Crippen LogP) is 6.56. The Bertz CT molecular complexity index is 1850. The van der Waals surface area contributed by atoms with Crippen LogP contribution in [0.4, 0.5) is 5.69 Å². The van der Waals surface area contributed by atoms with Gasteiger partial charge in [-0.05, 0) is 67.3 Å². The van der Waals surface area contributed by atoms with Crippen molar-refractivity contribution < 1.29 is 27.5 Å². The summed E-state index contributed by atoms with van der Waals surface area (Å²) < 4.78 is 40.6. The maximum absolute atomic E-state index is 14.7. The molecule has 0 heterocycles. The lowest BCUT2D eigenvalue weighted by atomic mass is 10.0. The lowest BCUT2D eigenvalue weighted by molar-refractivity contribution is -0.140. The van der Waals surface area contributed by atoms with E-state index in [-0.39, 0.29) is 41.2 Å². The summed E-state index contributed by atoms with van der Waals surface area (Å²) in [5.41, 5.74) is 2.93. The number of carbonyl (C=O) groups is 2. The van der Waals surface area contributed by atoms with Gasteiger partial charge in [0.15, 0.2) is 11.5 Å². The number of anilines is 1. The Balaban J connectivity index is 1.58. The van der Waals surface area contributed by atoms with Crippen LogP contribution in [-0.2, 0) is 32.6 Å². The Morgan fingerprint density at radius 3 is 2.18 bits per heavy atom. The van der Waals surface area contributed by atoms with Crippen molar-refractivity contribution in [3.8, 4) is 11.5 Å². The first-order chi connectivity index (χ1) is 23.6. The molecule has 1 saturated carbocycles. The van der Waals surface area contributed by atoms with Crippen molar-refractivity contribution in [2.75, 3.05) is 25.1 Å². The largest absolute Gasteiger partial charge is 0.493 e. The third kappa shape index (κ3) is 8.93. The van der Waals surface area contributed by atoms with Gasteiger partial charge in [0.1, 0.15) is 12.6 Å². The summed E-state index contributed by atoms with van der Waals surface area (Å²) in [6.07, 6.45) is 4.07. The first-order valence-electron chi connectivity index (χ1n) is 16.3. The van der Waals surface area contributed by atoms with E-state index in [1.165, 1.54) is 37.3 Å². The molecular weight excluding hydrogens is 662 g/mol. The highest BCUT2D eigenvalue weighted by atomic mass is 35.5. The average molecular weight is 704 g/mol. The van der Waals surface area contributed by atoms with Gasteiger partial charge in [-0.2, -0.15) is 0 Å². The molecule has 1 unspecified atom stereocenters. The Morgan fingerprint density at radius 1 is 0.857 bits per heavy atom. The van der Waals surface area contributed by atoms with Gasteiger partial charge in [-0.1, -0.05) is 84.6 Å². The van der Waals surface area contributed by atoms with Gasteiger partial charge in [-0.3, -0.25) is 13.9 Å². The molecule has 0 saturated heterocycles. The quantitative estimate of drug-likeness (QED) is 0.160. The normalized spacial score (nSPS) is 13.8. The number of hydrogen-bond donors (Lipinski definition) is 1. The average Bonchev–Trinajstić information content (AvgIpc) is 3.62. The summed E-state index contributed by atoms with van der Waals surface area (Å²) in [4.78, 5) is 30.3. The summed E-state index contributed by atoms with van der Waals surface area (Å²) >= 11 is 6.18. The van der Waals surface area contributed by atoms with Crippen LogP contribution < -0.4 is 19.1 Å². The van der Waals surface area contributed by atoms with Gasteiger partial charge in [0, 0.05) is 30.1 Å². The number of amides is 2. The summed E-state index contributed by atoms with van der Waals surface area (Å²) in [5.74, 6) is -0.226. The van der Waals surface area contributed by atoms with Crippen LogP contribution in [0.15, 0.2) is 102 Å². The summed E-state index contributed by atoms with van der Waals surface area (Å²) in [5, 5.41) is 3.61. The Morgan fingerprint density at radius 2 is 1.53 bits per heavy atom. The van der Waals surface area contributed by atoms with Crippen molar-refractivity contribution in [1.82, 2.24) is 10.2 Å². The van der Waals surface area contributed by atoms with Crippen LogP contribution in [0.1, 0.15) is 42.4 Å². The van der Waals surface area contributed by atoms with Gasteiger partial charge >= 0.3 is 0 Å². The highest BCUT2D eigenvalue weighted by Crippen LogP contribution is 2.33. The first kappa shape index (κ1) is 35.8. The molecule has 1 atom stereocenters. The fraction of sp³-hybridized carbons (Fsp3) is 0.316. The van der Waals surface area contributed by atoms with Gasteiger partial charge in [0.2, 0.25) is 11.8 Å². The number of nitrogens with one attached hydrogen (secondary N) is 1. The van der Waals surface area contributed by atoms with E-state index in [1.54, 1.807) is 24.3 Å². The molecule has 0 aliphatic heterocycles. The van der Waals surface area contributed by atoms with Crippen molar-refractivity contribution in [1.29, 1.82) is 0 Å². The summed E-state index contributed by atoms with van der Waals surface area (Å²) in [6.45, 7) is 1.48. The van der Waals surface area contributed by atoms with Crippen LogP contribution in [0.25, 0.3) is 0 Å². The van der Waals surface area contributed by atoms with Crippen molar-refractivity contribution >= 4 is 39.1 Å². The fourth-order valence-electron chi connectivity index (χ4n) is 6.17. The lowest BCUT2D eigenvalue weighted by Gasteiger charge is -2.34. The molecule has 2 amide bonds. The molecule has 0 spiro atoms. The second-order valence-corrected chi connectivity index (χ2v) is 14.5. The molecule has 49 heavy (non-hydrogen) atoms. The molecule has 4 aromatic carbocycles. The van der Waals surface area contributed by atoms with Crippen molar-refractivity contribution in [3.63, 3.8) is 0 Å². The topological polar surface area (TPSA) is 105 Å². The number of carbonyl (C=O) groups excluding carboxylic acids is 2. The standard InChI is InChI=1S/C38H42ClN3O6S/c1-27-10-9-13-29(22-27)25-41(34(23-28-11-5-4-6-12-28)38(44)40-31-14-7-8-15-31)37(43)26-42(32-18-16-30(39)17-19-32)49(45,46)33-20-21-35(47-2)36(24-33)48-3/h4-6,9-13,16-22,24,31,34H,7-8,14-15,23,25-26H2,1-3H3,(H,40,44). The molecule has 0 bridgehead atoms. The van der Waals surface area contributed by atoms with E-state index in [4.69, 9.17) is 21.1 Å². The maximum Gasteiger partial charge on any atom is 0.264 e. The van der Waals surface area contributed by atoms with Crippen molar-refractivity contribution in [2.45, 2.75) is 62.6 Å². The SMILES string of the molecule is COc1ccc(S(=O)(=O)N(CC(=O)N(Cc2cccc(C)c2)C(Cc2ccccc2)C(=O)NC2CCCC2)c2ccc(Cl)cc2)cc1OC. The fourth-order valence-corrected chi connectivity index (χ4v) is 7.73. The Labute approximate surface area is 293 Å². The van der Waals surface area contributed by atoms with Crippen LogP contribution in [0.5, 0.6) is 11.5 Å². The highest BCUT2D eigenvalue weighted by molar-refractivity contribution is 7.92. The van der Waals surface area contributed by atoms with E-state index in [0.29, 0.717) is 10.8 Å². The van der Waals surface area contributed by atoms with Gasteiger partial charge in [-0.15, -0.1) is 0 Å². The van der Waals surface area contributed by atoms with Gasteiger partial charge < -0.3 is 19.7 Å². The number of methoxy groups -OCH3 is 2. The van der Waals surface area contributed by atoms with Crippen LogP contribution >= 0.6 is 11.6 Å².